The molecule has 1 saturated heterocycles. The molecule has 0 aliphatic carbocycles. The summed E-state index contributed by atoms with van der Waals surface area (Å²) >= 11 is 0. The number of hydrogen-bond acceptors (Lipinski definition) is 4. The molecule has 0 bridgehead atoms. The Balaban J connectivity index is 1.17. The number of aliphatic imine (C=N–C) groups is 1. The summed E-state index contributed by atoms with van der Waals surface area (Å²) in [5.41, 5.74) is 7.25. The van der Waals surface area contributed by atoms with Crippen LogP contribution in [0, 0.1) is 0 Å². The molecule has 4 nitrogen and oxygen atoms in total. The first-order chi connectivity index (χ1) is 17.3. The van der Waals surface area contributed by atoms with E-state index in [1.165, 1.54) is 35.3 Å². The lowest BCUT2D eigenvalue weighted by Gasteiger charge is -2.32. The Bertz CT molecular complexity index is 1290. The number of rotatable bonds is 5. The van der Waals surface area contributed by atoms with Crippen molar-refractivity contribution in [3.63, 3.8) is 0 Å². The average Bonchev–Trinajstić information content (AvgIpc) is 2.94. The second-order valence-corrected chi connectivity index (χ2v) is 9.49. The van der Waals surface area contributed by atoms with E-state index in [2.05, 4.69) is 106 Å². The maximum Gasteiger partial charge on any atom is 0.141 e. The Morgan fingerprint density at radius 2 is 1.49 bits per heavy atom. The number of pyridine rings is 1. The van der Waals surface area contributed by atoms with Crippen molar-refractivity contribution < 1.29 is 0 Å². The fourth-order valence-corrected chi connectivity index (χ4v) is 5.24. The molecule has 35 heavy (non-hydrogen) atoms. The lowest BCUT2D eigenvalue weighted by molar-refractivity contribution is 0.203. The Kier molecular flexibility index (Phi) is 6.12. The van der Waals surface area contributed by atoms with E-state index in [9.17, 15) is 0 Å². The highest BCUT2D eigenvalue weighted by Crippen LogP contribution is 2.32. The first-order valence-electron chi connectivity index (χ1n) is 12.6. The van der Waals surface area contributed by atoms with Gasteiger partial charge in [0.25, 0.3) is 0 Å². The monoisotopic (exact) mass is 458 g/mol. The van der Waals surface area contributed by atoms with Crippen LogP contribution >= 0.6 is 0 Å². The van der Waals surface area contributed by atoms with E-state index < -0.39 is 0 Å². The minimum atomic E-state index is 0.590. The minimum absolute atomic E-state index is 0.590. The van der Waals surface area contributed by atoms with Gasteiger partial charge in [0.2, 0.25) is 0 Å². The van der Waals surface area contributed by atoms with Gasteiger partial charge in [0.05, 0.1) is 12.2 Å². The van der Waals surface area contributed by atoms with Crippen molar-refractivity contribution in [3.8, 4) is 0 Å². The number of piperidine rings is 1. The number of anilines is 1. The van der Waals surface area contributed by atoms with E-state index in [4.69, 9.17) is 4.99 Å². The van der Waals surface area contributed by atoms with E-state index in [1.807, 2.05) is 12.3 Å². The van der Waals surface area contributed by atoms with Crippen LogP contribution < -0.4 is 4.90 Å². The van der Waals surface area contributed by atoms with Crippen LogP contribution in [-0.4, -0.2) is 28.8 Å². The third-order valence-corrected chi connectivity index (χ3v) is 7.18. The molecule has 0 unspecified atom stereocenters. The second-order valence-electron chi connectivity index (χ2n) is 9.49. The first-order valence-corrected chi connectivity index (χ1v) is 12.6. The number of fused-ring (bicyclic) bond motifs is 1. The smallest absolute Gasteiger partial charge is 0.141 e. The zero-order valence-electron chi connectivity index (χ0n) is 19.9. The maximum absolute atomic E-state index is 5.05. The van der Waals surface area contributed by atoms with Crippen LogP contribution in [0.3, 0.4) is 0 Å². The molecule has 0 atom stereocenters. The molecule has 1 fully saturated rings. The third kappa shape index (κ3) is 4.75. The maximum atomic E-state index is 5.05. The Labute approximate surface area is 207 Å². The predicted octanol–water partition coefficient (Wildman–Crippen LogP) is 6.56. The van der Waals surface area contributed by atoms with Gasteiger partial charge >= 0.3 is 0 Å². The number of benzene rings is 3. The Morgan fingerprint density at radius 1 is 0.743 bits per heavy atom. The SMILES string of the molecule is c1ccc(C2=Nc3ccccc3CN2c2ccc(CN3CCC(c4ccccn4)CC3)cc2)cc1. The minimum Gasteiger partial charge on any atom is -0.321 e. The summed E-state index contributed by atoms with van der Waals surface area (Å²) in [6.07, 6.45) is 4.27. The quantitative estimate of drug-likeness (QED) is 0.339. The number of likely N-dealkylation sites (tertiary alicyclic amines) is 1. The summed E-state index contributed by atoms with van der Waals surface area (Å²) in [6, 6.07) is 34.3. The summed E-state index contributed by atoms with van der Waals surface area (Å²) in [4.78, 5) is 14.5. The van der Waals surface area contributed by atoms with Crippen molar-refractivity contribution in [1.82, 2.24) is 9.88 Å². The van der Waals surface area contributed by atoms with Crippen molar-refractivity contribution in [2.45, 2.75) is 31.8 Å². The molecule has 2 aliphatic heterocycles. The molecule has 3 heterocycles. The van der Waals surface area contributed by atoms with Crippen LogP contribution in [0.25, 0.3) is 0 Å². The van der Waals surface area contributed by atoms with Crippen molar-refractivity contribution >= 4 is 17.2 Å². The largest absolute Gasteiger partial charge is 0.321 e. The Morgan fingerprint density at radius 3 is 2.26 bits per heavy atom. The van der Waals surface area contributed by atoms with Crippen LogP contribution in [0.15, 0.2) is 108 Å². The summed E-state index contributed by atoms with van der Waals surface area (Å²) in [5.74, 6) is 1.60. The number of amidine groups is 1. The summed E-state index contributed by atoms with van der Waals surface area (Å²) in [7, 11) is 0. The zero-order valence-corrected chi connectivity index (χ0v) is 19.9. The van der Waals surface area contributed by atoms with Gasteiger partial charge in [-0.05, 0) is 67.4 Å². The van der Waals surface area contributed by atoms with Gasteiger partial charge in [-0.2, -0.15) is 0 Å². The molecule has 3 aromatic carbocycles. The van der Waals surface area contributed by atoms with Crippen molar-refractivity contribution in [2.24, 2.45) is 4.99 Å². The molecule has 4 heteroatoms. The number of nitrogens with zero attached hydrogens (tertiary/aromatic N) is 4. The molecule has 0 saturated carbocycles. The molecule has 174 valence electrons. The standard InChI is InChI=1S/C31H30N4/c1-2-8-26(9-3-1)31-33-30-12-5-4-10-27(30)23-35(31)28-15-13-24(14-16-28)22-34-20-17-25(18-21-34)29-11-6-7-19-32-29/h1-16,19,25H,17-18,20-23H2. The first kappa shape index (κ1) is 21.8. The molecule has 0 N–H and O–H groups in total. The van der Waals surface area contributed by atoms with E-state index in [0.717, 1.165) is 43.3 Å². The molecule has 2 aliphatic rings. The second kappa shape index (κ2) is 9.85. The number of aromatic nitrogens is 1. The van der Waals surface area contributed by atoms with Gasteiger partial charge < -0.3 is 4.90 Å². The van der Waals surface area contributed by atoms with Crippen molar-refractivity contribution in [1.29, 1.82) is 0 Å². The Hall–Kier alpha value is -3.76. The topological polar surface area (TPSA) is 31.7 Å². The van der Waals surface area contributed by atoms with Crippen LogP contribution in [0.1, 0.15) is 41.1 Å². The lowest BCUT2D eigenvalue weighted by atomic mass is 9.93. The fourth-order valence-electron chi connectivity index (χ4n) is 5.24. The lowest BCUT2D eigenvalue weighted by Crippen LogP contribution is -2.34. The van der Waals surface area contributed by atoms with E-state index in [0.29, 0.717) is 5.92 Å². The highest BCUT2D eigenvalue weighted by atomic mass is 15.2. The molecule has 0 radical (unpaired) electrons. The molecular formula is C31H30N4. The highest BCUT2D eigenvalue weighted by Gasteiger charge is 2.23. The average molecular weight is 459 g/mol. The molecule has 1 aromatic heterocycles. The van der Waals surface area contributed by atoms with Gasteiger partial charge in [-0.3, -0.25) is 9.88 Å². The van der Waals surface area contributed by atoms with Crippen molar-refractivity contribution in [2.75, 3.05) is 18.0 Å². The number of hydrogen-bond donors (Lipinski definition) is 0. The van der Waals surface area contributed by atoms with Gasteiger partial charge in [0.1, 0.15) is 5.84 Å². The third-order valence-electron chi connectivity index (χ3n) is 7.18. The molecule has 4 aromatic rings. The van der Waals surface area contributed by atoms with E-state index in [-0.39, 0.29) is 0 Å². The fraction of sp³-hybridized carbons (Fsp3) is 0.226. The summed E-state index contributed by atoms with van der Waals surface area (Å²) in [5, 5.41) is 0. The summed E-state index contributed by atoms with van der Waals surface area (Å²) < 4.78 is 0. The van der Waals surface area contributed by atoms with Crippen LogP contribution in [0.5, 0.6) is 0 Å². The van der Waals surface area contributed by atoms with Gasteiger partial charge in [-0.1, -0.05) is 66.7 Å². The van der Waals surface area contributed by atoms with Gasteiger partial charge in [0.15, 0.2) is 0 Å². The predicted molar refractivity (Wildman–Crippen MR) is 143 cm³/mol. The number of para-hydroxylation sites is 1. The normalized spacial score (nSPS) is 16.6. The molecule has 0 amide bonds. The molecule has 0 spiro atoms. The van der Waals surface area contributed by atoms with Crippen molar-refractivity contribution in [3.05, 3.63) is 126 Å². The van der Waals surface area contributed by atoms with Gasteiger partial charge in [0, 0.05) is 35.6 Å². The van der Waals surface area contributed by atoms with Crippen LogP contribution in [0.4, 0.5) is 11.4 Å². The van der Waals surface area contributed by atoms with Gasteiger partial charge in [-0.25, -0.2) is 4.99 Å². The molecular weight excluding hydrogens is 428 g/mol. The van der Waals surface area contributed by atoms with Crippen LogP contribution in [0.2, 0.25) is 0 Å². The summed E-state index contributed by atoms with van der Waals surface area (Å²) in [6.45, 7) is 4.06. The van der Waals surface area contributed by atoms with E-state index >= 15 is 0 Å². The highest BCUT2D eigenvalue weighted by molar-refractivity contribution is 6.12. The van der Waals surface area contributed by atoms with Crippen LogP contribution in [-0.2, 0) is 13.1 Å². The zero-order chi connectivity index (χ0) is 23.5. The molecule has 6 rings (SSSR count). The van der Waals surface area contributed by atoms with E-state index in [1.54, 1.807) is 0 Å². The van der Waals surface area contributed by atoms with Gasteiger partial charge in [-0.15, -0.1) is 0 Å².